The first kappa shape index (κ1) is 6.77. The van der Waals surface area contributed by atoms with Gasteiger partial charge in [0.1, 0.15) is 0 Å². The van der Waals surface area contributed by atoms with E-state index in [0.717, 1.165) is 6.54 Å². The van der Waals surface area contributed by atoms with Crippen molar-refractivity contribution in [3.8, 4) is 0 Å². The normalized spacial score (nSPS) is 33.0. The first-order valence-corrected chi connectivity index (χ1v) is 3.89. The first-order valence-electron chi connectivity index (χ1n) is 2.93. The number of hydrogen-bond acceptors (Lipinski definition) is 2. The topological polar surface area (TPSA) is 15.3 Å². The van der Waals surface area contributed by atoms with Crippen molar-refractivity contribution in [3.05, 3.63) is 0 Å². The summed E-state index contributed by atoms with van der Waals surface area (Å²) in [5.41, 5.74) is 0. The van der Waals surface area contributed by atoms with Crippen LogP contribution in [0.1, 0.15) is 6.92 Å². The molecule has 0 aliphatic carbocycles. The van der Waals surface area contributed by atoms with Crippen LogP contribution in [0, 0.1) is 0 Å². The fourth-order valence-electron chi connectivity index (χ4n) is 0.885. The first-order chi connectivity index (χ1) is 3.79. The molecule has 1 heterocycles. The van der Waals surface area contributed by atoms with Gasteiger partial charge in [0, 0.05) is 48.5 Å². The number of nitrogens with one attached hydrogen (secondary N) is 1. The van der Waals surface area contributed by atoms with E-state index in [1.165, 1.54) is 13.1 Å². The van der Waals surface area contributed by atoms with Crippen LogP contribution in [0.2, 0.25) is 0 Å². The lowest BCUT2D eigenvalue weighted by Gasteiger charge is -2.26. The highest BCUT2D eigenvalue weighted by atomic mass is 127. The van der Waals surface area contributed by atoms with Gasteiger partial charge in [0.15, 0.2) is 0 Å². The van der Waals surface area contributed by atoms with Gasteiger partial charge >= 0.3 is 0 Å². The number of rotatable bonds is 0. The highest BCUT2D eigenvalue weighted by Crippen LogP contribution is 2.02. The monoisotopic (exact) mass is 226 g/mol. The zero-order chi connectivity index (χ0) is 5.98. The molecule has 0 radical (unpaired) electrons. The van der Waals surface area contributed by atoms with Crippen molar-refractivity contribution in [2.45, 2.75) is 13.0 Å². The molecule has 1 atom stereocenters. The van der Waals surface area contributed by atoms with Crippen LogP contribution in [-0.2, 0) is 0 Å². The van der Waals surface area contributed by atoms with E-state index in [2.05, 4.69) is 38.2 Å². The van der Waals surface area contributed by atoms with E-state index in [4.69, 9.17) is 0 Å². The van der Waals surface area contributed by atoms with E-state index in [1.807, 2.05) is 0 Å². The van der Waals surface area contributed by atoms with Gasteiger partial charge in [-0.05, 0) is 6.92 Å². The Bertz CT molecular complexity index is 68.8. The third-order valence-electron chi connectivity index (χ3n) is 1.32. The molecule has 48 valence electrons. The SMILES string of the molecule is C[C@@H]1CN(I)CCN1. The molecule has 3 heteroatoms. The standard InChI is InChI=1S/C5H11IN2/c1-5-4-8(6)3-2-7-5/h5,7H,2-4H2,1H3/t5-/m1/s1. The van der Waals surface area contributed by atoms with Crippen molar-refractivity contribution >= 4 is 22.9 Å². The number of halogens is 1. The minimum atomic E-state index is 0.681. The van der Waals surface area contributed by atoms with E-state index >= 15 is 0 Å². The number of nitrogens with zero attached hydrogens (tertiary/aromatic N) is 1. The lowest BCUT2D eigenvalue weighted by atomic mass is 10.3. The lowest BCUT2D eigenvalue weighted by Crippen LogP contribution is -2.44. The van der Waals surface area contributed by atoms with Gasteiger partial charge in [-0.1, -0.05) is 0 Å². The summed E-state index contributed by atoms with van der Waals surface area (Å²) in [6.07, 6.45) is 0. The smallest absolute Gasteiger partial charge is 0.0233 e. The summed E-state index contributed by atoms with van der Waals surface area (Å²) < 4.78 is 2.32. The van der Waals surface area contributed by atoms with Crippen molar-refractivity contribution in [2.24, 2.45) is 0 Å². The fraction of sp³-hybridized carbons (Fsp3) is 1.00. The van der Waals surface area contributed by atoms with Gasteiger partial charge in [-0.15, -0.1) is 0 Å². The largest absolute Gasteiger partial charge is 0.312 e. The van der Waals surface area contributed by atoms with Gasteiger partial charge < -0.3 is 5.32 Å². The minimum Gasteiger partial charge on any atom is -0.312 e. The summed E-state index contributed by atoms with van der Waals surface area (Å²) >= 11 is 2.37. The van der Waals surface area contributed by atoms with Gasteiger partial charge in [0.2, 0.25) is 0 Å². The van der Waals surface area contributed by atoms with Crippen LogP contribution < -0.4 is 5.32 Å². The summed E-state index contributed by atoms with van der Waals surface area (Å²) in [5, 5.41) is 3.37. The maximum absolute atomic E-state index is 3.37. The van der Waals surface area contributed by atoms with Crippen LogP contribution in [0.3, 0.4) is 0 Å². The second-order valence-corrected chi connectivity index (χ2v) is 3.59. The van der Waals surface area contributed by atoms with Crippen LogP contribution in [0.5, 0.6) is 0 Å². The average Bonchev–Trinajstić information content (AvgIpc) is 1.64. The quantitative estimate of drug-likeness (QED) is 0.481. The molecule has 8 heavy (non-hydrogen) atoms. The van der Waals surface area contributed by atoms with E-state index in [-0.39, 0.29) is 0 Å². The molecule has 0 spiro atoms. The Morgan fingerprint density at radius 2 is 2.50 bits per heavy atom. The molecule has 1 fully saturated rings. The van der Waals surface area contributed by atoms with Crippen LogP contribution in [-0.4, -0.2) is 28.8 Å². The molecule has 1 aliphatic rings. The summed E-state index contributed by atoms with van der Waals surface area (Å²) in [7, 11) is 0. The molecule has 1 aliphatic heterocycles. The number of hydrogen-bond donors (Lipinski definition) is 1. The Morgan fingerprint density at radius 3 is 2.88 bits per heavy atom. The van der Waals surface area contributed by atoms with Crippen LogP contribution in [0.25, 0.3) is 0 Å². The maximum atomic E-state index is 3.37. The fourth-order valence-corrected chi connectivity index (χ4v) is 1.72. The Labute approximate surface area is 64.1 Å². The molecule has 0 aromatic carbocycles. The third kappa shape index (κ3) is 1.87. The second-order valence-electron chi connectivity index (χ2n) is 2.22. The van der Waals surface area contributed by atoms with Crippen molar-refractivity contribution in [3.63, 3.8) is 0 Å². The van der Waals surface area contributed by atoms with Crippen LogP contribution in [0.4, 0.5) is 0 Å². The Kier molecular flexibility index (Phi) is 2.52. The lowest BCUT2D eigenvalue weighted by molar-refractivity contribution is 0.356. The molecule has 2 nitrogen and oxygen atoms in total. The van der Waals surface area contributed by atoms with Crippen molar-refractivity contribution in [2.75, 3.05) is 19.6 Å². The zero-order valence-electron chi connectivity index (χ0n) is 5.02. The Morgan fingerprint density at radius 1 is 1.75 bits per heavy atom. The molecule has 1 rings (SSSR count). The summed E-state index contributed by atoms with van der Waals surface area (Å²) in [5.74, 6) is 0. The number of piperazine rings is 1. The van der Waals surface area contributed by atoms with Crippen LogP contribution >= 0.6 is 22.9 Å². The molecule has 0 aromatic rings. The van der Waals surface area contributed by atoms with Gasteiger partial charge in [-0.2, -0.15) is 0 Å². The Balaban J connectivity index is 2.23. The molecule has 0 bridgehead atoms. The summed E-state index contributed by atoms with van der Waals surface area (Å²) in [6.45, 7) is 5.72. The predicted molar refractivity (Wildman–Crippen MR) is 43.1 cm³/mol. The minimum absolute atomic E-state index is 0.681. The highest BCUT2D eigenvalue weighted by molar-refractivity contribution is 14.1. The summed E-state index contributed by atoms with van der Waals surface area (Å²) in [4.78, 5) is 0. The molecule has 0 amide bonds. The average molecular weight is 226 g/mol. The molecule has 1 saturated heterocycles. The Hall–Kier alpha value is 0.650. The molecule has 1 N–H and O–H groups in total. The van der Waals surface area contributed by atoms with Gasteiger partial charge in [0.05, 0.1) is 0 Å². The van der Waals surface area contributed by atoms with Gasteiger partial charge in [0.25, 0.3) is 0 Å². The van der Waals surface area contributed by atoms with Crippen molar-refractivity contribution < 1.29 is 0 Å². The predicted octanol–water partition coefficient (Wildman–Crippen LogP) is 0.630. The third-order valence-corrected chi connectivity index (χ3v) is 2.20. The maximum Gasteiger partial charge on any atom is 0.0233 e. The second kappa shape index (κ2) is 2.98. The summed E-state index contributed by atoms with van der Waals surface area (Å²) in [6, 6.07) is 0.681. The molecule has 0 saturated carbocycles. The van der Waals surface area contributed by atoms with Crippen molar-refractivity contribution in [1.29, 1.82) is 0 Å². The van der Waals surface area contributed by atoms with Gasteiger partial charge in [-0.25, -0.2) is 3.11 Å². The van der Waals surface area contributed by atoms with Crippen LogP contribution in [0.15, 0.2) is 0 Å². The highest BCUT2D eigenvalue weighted by Gasteiger charge is 2.11. The van der Waals surface area contributed by atoms with Gasteiger partial charge in [-0.3, -0.25) is 0 Å². The van der Waals surface area contributed by atoms with E-state index in [1.54, 1.807) is 0 Å². The van der Waals surface area contributed by atoms with E-state index in [9.17, 15) is 0 Å². The van der Waals surface area contributed by atoms with E-state index < -0.39 is 0 Å². The van der Waals surface area contributed by atoms with Crippen molar-refractivity contribution in [1.82, 2.24) is 8.43 Å². The zero-order valence-corrected chi connectivity index (χ0v) is 7.18. The van der Waals surface area contributed by atoms with E-state index in [0.29, 0.717) is 6.04 Å². The molecular formula is C5H11IN2. The molecular weight excluding hydrogens is 215 g/mol. The molecule has 0 unspecified atom stereocenters. The molecule has 0 aromatic heterocycles.